The SMILES string of the molecule is Cc1ccc(S(=O)(=O)N(B2Oc3ccccc3O2)c2ccccc2C#Cc2ccccc2)cc1. The summed E-state index contributed by atoms with van der Waals surface area (Å²) in [6, 6.07) is 30.4. The third-order valence-corrected chi connectivity index (χ3v) is 7.09. The number of aryl methyl sites for hydroxylation is 1. The van der Waals surface area contributed by atoms with Gasteiger partial charge in [-0.3, -0.25) is 0 Å². The van der Waals surface area contributed by atoms with Crippen molar-refractivity contribution < 1.29 is 17.7 Å². The zero-order chi connectivity index (χ0) is 23.5. The third kappa shape index (κ3) is 4.24. The molecule has 0 spiro atoms. The summed E-state index contributed by atoms with van der Waals surface area (Å²) in [6.07, 6.45) is 0. The van der Waals surface area contributed by atoms with E-state index in [1.54, 1.807) is 54.6 Å². The highest BCUT2D eigenvalue weighted by atomic mass is 32.2. The van der Waals surface area contributed by atoms with Crippen LogP contribution < -0.4 is 13.5 Å². The van der Waals surface area contributed by atoms with E-state index in [2.05, 4.69) is 11.8 Å². The van der Waals surface area contributed by atoms with E-state index in [1.165, 1.54) is 0 Å². The van der Waals surface area contributed by atoms with Crippen molar-refractivity contribution in [2.75, 3.05) is 4.22 Å². The number of fused-ring (bicyclic) bond motifs is 1. The minimum absolute atomic E-state index is 0.132. The maximum Gasteiger partial charge on any atom is 0.753 e. The van der Waals surface area contributed by atoms with Gasteiger partial charge in [0.25, 0.3) is 10.0 Å². The molecule has 0 fully saturated rings. The van der Waals surface area contributed by atoms with Crippen LogP contribution in [0.4, 0.5) is 5.69 Å². The van der Waals surface area contributed by atoms with Crippen molar-refractivity contribution in [1.82, 2.24) is 0 Å². The molecule has 5 nitrogen and oxygen atoms in total. The molecule has 1 aliphatic rings. The molecule has 0 atom stereocenters. The van der Waals surface area contributed by atoms with Crippen LogP contribution in [0, 0.1) is 18.8 Å². The van der Waals surface area contributed by atoms with Gasteiger partial charge in [-0.25, -0.2) is 12.6 Å². The highest BCUT2D eigenvalue weighted by molar-refractivity contribution is 7.94. The van der Waals surface area contributed by atoms with Crippen molar-refractivity contribution in [1.29, 1.82) is 0 Å². The lowest BCUT2D eigenvalue weighted by atomic mass is 10.1. The number of nitrogens with zero attached hydrogens (tertiary/aromatic N) is 1. The summed E-state index contributed by atoms with van der Waals surface area (Å²) in [5.41, 5.74) is 2.68. The Hall–Kier alpha value is -4.15. The largest absolute Gasteiger partial charge is 0.753 e. The molecular formula is C27H20BNO4S. The number of anilines is 1. The highest BCUT2D eigenvalue weighted by Gasteiger charge is 2.47. The molecule has 1 aliphatic heterocycles. The molecule has 4 aromatic rings. The number of hydrogen-bond donors (Lipinski definition) is 0. The Morgan fingerprint density at radius 1 is 0.706 bits per heavy atom. The third-order valence-electron chi connectivity index (χ3n) is 5.33. The highest BCUT2D eigenvalue weighted by Crippen LogP contribution is 2.37. The average molecular weight is 465 g/mol. The normalized spacial score (nSPS) is 12.1. The first-order valence-corrected chi connectivity index (χ1v) is 12.2. The molecule has 0 N–H and O–H groups in total. The fourth-order valence-electron chi connectivity index (χ4n) is 3.59. The van der Waals surface area contributed by atoms with Crippen LogP contribution in [-0.2, 0) is 10.0 Å². The Morgan fingerprint density at radius 3 is 1.97 bits per heavy atom. The van der Waals surface area contributed by atoms with Crippen LogP contribution >= 0.6 is 0 Å². The van der Waals surface area contributed by atoms with Gasteiger partial charge < -0.3 is 9.31 Å². The second-order valence-corrected chi connectivity index (χ2v) is 9.55. The molecule has 1 heterocycles. The summed E-state index contributed by atoms with van der Waals surface area (Å²) in [7, 11) is -5.28. The first-order chi connectivity index (χ1) is 16.5. The molecule has 0 amide bonds. The molecule has 5 rings (SSSR count). The van der Waals surface area contributed by atoms with Gasteiger partial charge in [0, 0.05) is 11.1 Å². The first-order valence-electron chi connectivity index (χ1n) is 10.7. The van der Waals surface area contributed by atoms with Gasteiger partial charge in [-0.2, -0.15) is 0 Å². The summed E-state index contributed by atoms with van der Waals surface area (Å²) >= 11 is 0. The van der Waals surface area contributed by atoms with Gasteiger partial charge in [-0.15, -0.1) is 0 Å². The average Bonchev–Trinajstić information content (AvgIpc) is 3.28. The minimum Gasteiger partial charge on any atom is -0.503 e. The molecule has 0 aliphatic carbocycles. The Bertz CT molecular complexity index is 1470. The van der Waals surface area contributed by atoms with Crippen LogP contribution in [-0.4, -0.2) is 15.7 Å². The van der Waals surface area contributed by atoms with E-state index in [0.29, 0.717) is 22.7 Å². The summed E-state index contributed by atoms with van der Waals surface area (Å²) < 4.78 is 40.9. The second kappa shape index (κ2) is 9.01. The fraction of sp³-hybridized carbons (Fsp3) is 0.0370. The number of hydrogen-bond acceptors (Lipinski definition) is 4. The van der Waals surface area contributed by atoms with E-state index in [4.69, 9.17) is 9.31 Å². The molecule has 7 heteroatoms. The zero-order valence-corrected chi connectivity index (χ0v) is 19.2. The number of para-hydroxylation sites is 3. The summed E-state index contributed by atoms with van der Waals surface area (Å²) in [5.74, 6) is 7.18. The zero-order valence-electron chi connectivity index (χ0n) is 18.4. The topological polar surface area (TPSA) is 55.8 Å². The van der Waals surface area contributed by atoms with E-state index in [1.807, 2.05) is 55.5 Å². The van der Waals surface area contributed by atoms with Gasteiger partial charge in [0.1, 0.15) is 11.5 Å². The van der Waals surface area contributed by atoms with Crippen molar-refractivity contribution in [2.45, 2.75) is 11.8 Å². The van der Waals surface area contributed by atoms with Crippen LogP contribution in [0.25, 0.3) is 0 Å². The number of benzene rings is 4. The monoisotopic (exact) mass is 465 g/mol. The number of sulfonamides is 1. The quantitative estimate of drug-likeness (QED) is 0.313. The van der Waals surface area contributed by atoms with Crippen molar-refractivity contribution in [2.24, 2.45) is 0 Å². The lowest BCUT2D eigenvalue weighted by Crippen LogP contribution is -2.50. The lowest BCUT2D eigenvalue weighted by Gasteiger charge is -2.25. The van der Waals surface area contributed by atoms with Crippen LogP contribution in [0.15, 0.2) is 108 Å². The summed E-state index contributed by atoms with van der Waals surface area (Å²) in [4.78, 5) is 0.132. The molecule has 4 aromatic carbocycles. The Kier molecular flexibility index (Phi) is 5.75. The lowest BCUT2D eigenvalue weighted by molar-refractivity contribution is 0.498. The molecule has 0 saturated carbocycles. The van der Waals surface area contributed by atoms with E-state index in [9.17, 15) is 8.42 Å². The van der Waals surface area contributed by atoms with Crippen molar-refractivity contribution >= 4 is 23.0 Å². The van der Waals surface area contributed by atoms with E-state index >= 15 is 0 Å². The van der Waals surface area contributed by atoms with Gasteiger partial charge in [0.05, 0.1) is 10.6 Å². The Balaban J connectivity index is 1.63. The van der Waals surface area contributed by atoms with Gasteiger partial charge in [0.15, 0.2) is 0 Å². The molecule has 0 radical (unpaired) electrons. The Labute approximate surface area is 199 Å². The maximum atomic E-state index is 13.9. The van der Waals surface area contributed by atoms with Gasteiger partial charge in [-0.1, -0.05) is 72.0 Å². The first kappa shape index (κ1) is 21.7. The van der Waals surface area contributed by atoms with Crippen molar-refractivity contribution in [3.05, 3.63) is 120 Å². The van der Waals surface area contributed by atoms with Crippen molar-refractivity contribution in [3.63, 3.8) is 0 Å². The van der Waals surface area contributed by atoms with Crippen LogP contribution in [0.2, 0.25) is 0 Å². The molecule has 166 valence electrons. The molecule has 0 unspecified atom stereocenters. The van der Waals surface area contributed by atoms with E-state index < -0.39 is 17.3 Å². The molecule has 0 saturated heterocycles. The summed E-state index contributed by atoms with van der Waals surface area (Å²) in [6.45, 7) is 1.91. The van der Waals surface area contributed by atoms with Crippen molar-refractivity contribution in [3.8, 4) is 23.3 Å². The van der Waals surface area contributed by atoms with Crippen LogP contribution in [0.5, 0.6) is 11.5 Å². The predicted molar refractivity (Wildman–Crippen MR) is 133 cm³/mol. The Morgan fingerprint density at radius 2 is 1.29 bits per heavy atom. The molecular weight excluding hydrogens is 445 g/mol. The van der Waals surface area contributed by atoms with E-state index in [-0.39, 0.29) is 4.90 Å². The smallest absolute Gasteiger partial charge is 0.503 e. The second-order valence-electron chi connectivity index (χ2n) is 7.74. The number of rotatable bonds is 4. The molecule has 34 heavy (non-hydrogen) atoms. The predicted octanol–water partition coefficient (Wildman–Crippen LogP) is 5.05. The standard InChI is InChI=1S/C27H20BNO4S/c1-21-15-19-24(20-16-21)34(30,31)29(28-32-26-13-7-8-14-27(26)33-28)25-12-6-5-11-23(25)18-17-22-9-3-2-4-10-22/h2-16,19-20H,1H3. The van der Waals surface area contributed by atoms with Gasteiger partial charge in [0.2, 0.25) is 0 Å². The molecule has 0 bridgehead atoms. The summed E-state index contributed by atoms with van der Waals surface area (Å²) in [5, 5.41) is 0. The molecule has 0 aromatic heterocycles. The fourth-order valence-corrected chi connectivity index (χ4v) is 5.03. The van der Waals surface area contributed by atoms with Gasteiger partial charge in [-0.05, 0) is 55.5 Å². The minimum atomic E-state index is -4.06. The maximum absolute atomic E-state index is 13.9. The van der Waals surface area contributed by atoms with Crippen LogP contribution in [0.3, 0.4) is 0 Å². The van der Waals surface area contributed by atoms with E-state index in [0.717, 1.165) is 15.3 Å². The van der Waals surface area contributed by atoms with Crippen LogP contribution in [0.1, 0.15) is 16.7 Å². The van der Waals surface area contributed by atoms with Gasteiger partial charge >= 0.3 is 7.25 Å².